The minimum atomic E-state index is -1.09. The van der Waals surface area contributed by atoms with Crippen molar-refractivity contribution < 1.29 is 14.8 Å². The van der Waals surface area contributed by atoms with E-state index in [0.717, 1.165) is 0 Å². The summed E-state index contributed by atoms with van der Waals surface area (Å²) in [5.74, 6) is -0.559. The third kappa shape index (κ3) is 4.18. The summed E-state index contributed by atoms with van der Waals surface area (Å²) in [5, 5.41) is 20.8. The lowest BCUT2D eigenvalue weighted by atomic mass is 10.1. The molecule has 1 N–H and O–H groups in total. The fourth-order valence-electron chi connectivity index (χ4n) is 1.70. The zero-order chi connectivity index (χ0) is 14.8. The van der Waals surface area contributed by atoms with Crippen LogP contribution in [-0.2, 0) is 0 Å². The van der Waals surface area contributed by atoms with E-state index in [1.54, 1.807) is 13.8 Å². The van der Waals surface area contributed by atoms with Crippen molar-refractivity contribution in [3.8, 4) is 0 Å². The van der Waals surface area contributed by atoms with Gasteiger partial charge in [-0.15, -0.1) is 0 Å². The monoisotopic (exact) mass is 286 g/mol. The van der Waals surface area contributed by atoms with Crippen molar-refractivity contribution in [1.82, 2.24) is 4.90 Å². The molecular formula is C12H15ClN2O4. The van der Waals surface area contributed by atoms with Gasteiger partial charge < -0.3 is 10.0 Å². The molecule has 7 heteroatoms. The molecule has 0 fully saturated rings. The Kier molecular flexibility index (Phi) is 4.49. The number of nitrogens with zero attached hydrogens (tertiary/aromatic N) is 2. The molecule has 0 unspecified atom stereocenters. The Balaban J connectivity index is 3.11. The number of carbonyl (C=O) groups excluding carboxylic acids is 1. The molecule has 0 saturated heterocycles. The number of halogens is 1. The molecule has 19 heavy (non-hydrogen) atoms. The summed E-state index contributed by atoms with van der Waals surface area (Å²) in [6.45, 7) is 3.14. The molecule has 0 heterocycles. The second-order valence-electron chi connectivity index (χ2n) is 4.89. The van der Waals surface area contributed by atoms with Gasteiger partial charge in [-0.1, -0.05) is 11.6 Å². The normalized spacial score (nSPS) is 11.2. The summed E-state index contributed by atoms with van der Waals surface area (Å²) in [7, 11) is 1.46. The zero-order valence-corrected chi connectivity index (χ0v) is 11.6. The summed E-state index contributed by atoms with van der Waals surface area (Å²) in [5.41, 5.74) is -1.49. The predicted octanol–water partition coefficient (Wildman–Crippen LogP) is 2.09. The van der Waals surface area contributed by atoms with Crippen LogP contribution in [0.25, 0.3) is 0 Å². The largest absolute Gasteiger partial charge is 0.389 e. The van der Waals surface area contributed by atoms with Gasteiger partial charge in [0.15, 0.2) is 0 Å². The Morgan fingerprint density at radius 2 is 2.11 bits per heavy atom. The molecule has 1 rings (SSSR count). The topological polar surface area (TPSA) is 83.7 Å². The van der Waals surface area contributed by atoms with Crippen LogP contribution in [0.15, 0.2) is 18.2 Å². The average molecular weight is 287 g/mol. The first kappa shape index (κ1) is 15.4. The minimum absolute atomic E-state index is 0.0511. The summed E-state index contributed by atoms with van der Waals surface area (Å²) in [4.78, 5) is 23.6. The van der Waals surface area contributed by atoms with Crippen LogP contribution in [0.2, 0.25) is 5.02 Å². The summed E-state index contributed by atoms with van der Waals surface area (Å²) in [6.07, 6.45) is 0. The molecule has 1 aromatic carbocycles. The third-order valence-corrected chi connectivity index (χ3v) is 2.59. The first-order valence-electron chi connectivity index (χ1n) is 5.53. The third-order valence-electron chi connectivity index (χ3n) is 2.36. The molecule has 0 aliphatic rings. The van der Waals surface area contributed by atoms with Crippen LogP contribution < -0.4 is 0 Å². The van der Waals surface area contributed by atoms with E-state index in [1.807, 2.05) is 0 Å². The van der Waals surface area contributed by atoms with Gasteiger partial charge in [-0.05, 0) is 26.0 Å². The number of rotatable bonds is 4. The van der Waals surface area contributed by atoms with Gasteiger partial charge in [-0.2, -0.15) is 0 Å². The number of aliphatic hydroxyl groups is 1. The maximum absolute atomic E-state index is 12.2. The van der Waals surface area contributed by atoms with Gasteiger partial charge in [0.25, 0.3) is 11.6 Å². The molecule has 104 valence electrons. The van der Waals surface area contributed by atoms with Crippen LogP contribution in [0.5, 0.6) is 0 Å². The zero-order valence-electron chi connectivity index (χ0n) is 10.9. The van der Waals surface area contributed by atoms with E-state index >= 15 is 0 Å². The molecule has 1 amide bonds. The van der Waals surface area contributed by atoms with Gasteiger partial charge in [-0.3, -0.25) is 14.9 Å². The maximum atomic E-state index is 12.2. The Labute approximate surface area is 115 Å². The van der Waals surface area contributed by atoms with Gasteiger partial charge in [0.1, 0.15) is 5.56 Å². The van der Waals surface area contributed by atoms with Crippen LogP contribution >= 0.6 is 11.6 Å². The van der Waals surface area contributed by atoms with E-state index in [9.17, 15) is 20.0 Å². The van der Waals surface area contributed by atoms with Crippen molar-refractivity contribution >= 4 is 23.2 Å². The number of amides is 1. The molecule has 0 aliphatic heterocycles. The van der Waals surface area contributed by atoms with E-state index in [1.165, 1.54) is 30.1 Å². The number of nitro benzene ring substituents is 1. The second-order valence-corrected chi connectivity index (χ2v) is 5.33. The quantitative estimate of drug-likeness (QED) is 0.678. The van der Waals surface area contributed by atoms with Crippen molar-refractivity contribution in [2.24, 2.45) is 0 Å². The molecule has 0 atom stereocenters. The standard InChI is InChI=1S/C12H15ClN2O4/c1-12(2,17)7-14(3)11(16)9-6-8(13)4-5-10(9)15(18)19/h4-6,17H,7H2,1-3H3. The van der Waals surface area contributed by atoms with E-state index in [4.69, 9.17) is 11.6 Å². The van der Waals surface area contributed by atoms with Gasteiger partial charge in [0, 0.05) is 24.7 Å². The molecule has 0 radical (unpaired) electrons. The second kappa shape index (κ2) is 5.54. The van der Waals surface area contributed by atoms with E-state index in [2.05, 4.69) is 0 Å². The Hall–Kier alpha value is -1.66. The molecule has 6 nitrogen and oxygen atoms in total. The summed E-state index contributed by atoms with van der Waals surface area (Å²) in [6, 6.07) is 3.79. The van der Waals surface area contributed by atoms with E-state index in [0.29, 0.717) is 0 Å². The van der Waals surface area contributed by atoms with Crippen molar-refractivity contribution in [1.29, 1.82) is 0 Å². The maximum Gasteiger partial charge on any atom is 0.282 e. The number of benzene rings is 1. The predicted molar refractivity (Wildman–Crippen MR) is 71.4 cm³/mol. The van der Waals surface area contributed by atoms with Crippen LogP contribution in [0.4, 0.5) is 5.69 Å². The first-order valence-corrected chi connectivity index (χ1v) is 5.91. The average Bonchev–Trinajstić information content (AvgIpc) is 2.25. The fourth-order valence-corrected chi connectivity index (χ4v) is 1.87. The summed E-state index contributed by atoms with van der Waals surface area (Å²) < 4.78 is 0. The highest BCUT2D eigenvalue weighted by Gasteiger charge is 2.26. The number of nitro groups is 1. The molecule has 0 bridgehead atoms. The lowest BCUT2D eigenvalue weighted by Crippen LogP contribution is -2.39. The van der Waals surface area contributed by atoms with Gasteiger partial charge in [0.05, 0.1) is 10.5 Å². The number of likely N-dealkylation sites (N-methyl/N-ethyl adjacent to an activating group) is 1. The molecular weight excluding hydrogens is 272 g/mol. The van der Waals surface area contributed by atoms with Gasteiger partial charge >= 0.3 is 0 Å². The highest BCUT2D eigenvalue weighted by Crippen LogP contribution is 2.24. The van der Waals surface area contributed by atoms with E-state index in [-0.39, 0.29) is 22.8 Å². The molecule has 0 saturated carbocycles. The van der Waals surface area contributed by atoms with Gasteiger partial charge in [0.2, 0.25) is 0 Å². The molecule has 1 aromatic rings. The van der Waals surface area contributed by atoms with Crippen molar-refractivity contribution in [3.05, 3.63) is 38.9 Å². The molecule has 0 aliphatic carbocycles. The highest BCUT2D eigenvalue weighted by atomic mass is 35.5. The smallest absolute Gasteiger partial charge is 0.282 e. The van der Waals surface area contributed by atoms with Crippen LogP contribution in [-0.4, -0.2) is 40.0 Å². The van der Waals surface area contributed by atoms with Crippen molar-refractivity contribution in [3.63, 3.8) is 0 Å². The Morgan fingerprint density at radius 1 is 1.53 bits per heavy atom. The highest BCUT2D eigenvalue weighted by molar-refractivity contribution is 6.31. The van der Waals surface area contributed by atoms with Gasteiger partial charge in [-0.25, -0.2) is 0 Å². The number of hydrogen-bond donors (Lipinski definition) is 1. The summed E-state index contributed by atoms with van der Waals surface area (Å²) >= 11 is 5.76. The van der Waals surface area contributed by atoms with E-state index < -0.39 is 16.4 Å². The molecule has 0 aromatic heterocycles. The number of hydrogen-bond acceptors (Lipinski definition) is 4. The number of carbonyl (C=O) groups is 1. The Bertz CT molecular complexity index is 511. The van der Waals surface area contributed by atoms with Crippen LogP contribution in [0.1, 0.15) is 24.2 Å². The lowest BCUT2D eigenvalue weighted by molar-refractivity contribution is -0.385. The first-order chi connectivity index (χ1) is 8.61. The lowest BCUT2D eigenvalue weighted by Gasteiger charge is -2.25. The van der Waals surface area contributed by atoms with Crippen molar-refractivity contribution in [2.75, 3.05) is 13.6 Å². The Morgan fingerprint density at radius 3 is 2.58 bits per heavy atom. The SMILES string of the molecule is CN(CC(C)(C)O)C(=O)c1cc(Cl)ccc1[N+](=O)[O-]. The minimum Gasteiger partial charge on any atom is -0.389 e. The molecule has 0 spiro atoms. The fraction of sp³-hybridized carbons (Fsp3) is 0.417. The van der Waals surface area contributed by atoms with Crippen LogP contribution in [0, 0.1) is 10.1 Å². The van der Waals surface area contributed by atoms with Crippen LogP contribution in [0.3, 0.4) is 0 Å². The van der Waals surface area contributed by atoms with Crippen molar-refractivity contribution in [2.45, 2.75) is 19.4 Å².